The molecule has 1 aliphatic heterocycles. The van der Waals surface area contributed by atoms with Gasteiger partial charge in [0.15, 0.2) is 0 Å². The second kappa shape index (κ2) is 6.17. The van der Waals surface area contributed by atoms with E-state index in [-0.39, 0.29) is 5.41 Å². The van der Waals surface area contributed by atoms with Crippen LogP contribution in [0, 0.1) is 11.3 Å². The first-order valence-corrected chi connectivity index (χ1v) is 7.28. The molecule has 100 valence electrons. The summed E-state index contributed by atoms with van der Waals surface area (Å²) in [5, 5.41) is 0. The van der Waals surface area contributed by atoms with E-state index in [0.29, 0.717) is 0 Å². The lowest BCUT2D eigenvalue weighted by atomic mass is 9.80. The van der Waals surface area contributed by atoms with Gasteiger partial charge in [-0.25, -0.2) is 0 Å². The minimum absolute atomic E-state index is 0.234. The van der Waals surface area contributed by atoms with E-state index in [1.807, 2.05) is 0 Å². The summed E-state index contributed by atoms with van der Waals surface area (Å²) in [6, 6.07) is 0. The van der Waals surface area contributed by atoms with Crippen LogP contribution in [0.3, 0.4) is 0 Å². The van der Waals surface area contributed by atoms with Crippen molar-refractivity contribution in [2.24, 2.45) is 17.1 Å². The average Bonchev–Trinajstić information content (AvgIpc) is 2.33. The average molecular weight is 240 g/mol. The molecule has 1 saturated carbocycles. The minimum Gasteiger partial charge on any atom is -0.381 e. The quantitative estimate of drug-likeness (QED) is 0.770. The molecule has 0 amide bonds. The maximum Gasteiger partial charge on any atom is 0.0546 e. The molecule has 0 aromatic rings. The number of rotatable bonds is 6. The van der Waals surface area contributed by atoms with Crippen molar-refractivity contribution < 1.29 is 4.74 Å². The van der Waals surface area contributed by atoms with Crippen LogP contribution in [-0.4, -0.2) is 44.3 Å². The normalized spacial score (nSPS) is 30.5. The minimum atomic E-state index is 0.234. The molecule has 2 rings (SSSR count). The Balaban J connectivity index is 1.85. The summed E-state index contributed by atoms with van der Waals surface area (Å²) in [6.45, 7) is 8.40. The third-order valence-electron chi connectivity index (χ3n) is 4.58. The molecular weight excluding hydrogens is 212 g/mol. The van der Waals surface area contributed by atoms with Gasteiger partial charge in [0.2, 0.25) is 0 Å². The van der Waals surface area contributed by atoms with Crippen molar-refractivity contribution in [3.8, 4) is 0 Å². The van der Waals surface area contributed by atoms with Gasteiger partial charge in [-0.3, -0.25) is 0 Å². The van der Waals surface area contributed by atoms with Gasteiger partial charge in [-0.2, -0.15) is 0 Å². The topological polar surface area (TPSA) is 38.5 Å². The molecular formula is C14H28N2O. The molecule has 2 fully saturated rings. The van der Waals surface area contributed by atoms with Crippen LogP contribution in [0.5, 0.6) is 0 Å². The summed E-state index contributed by atoms with van der Waals surface area (Å²) < 4.78 is 5.66. The molecule has 2 N–H and O–H groups in total. The Labute approximate surface area is 106 Å². The predicted octanol–water partition coefficient (Wildman–Crippen LogP) is 1.86. The van der Waals surface area contributed by atoms with Crippen molar-refractivity contribution in [2.75, 3.05) is 39.4 Å². The number of hydrogen-bond acceptors (Lipinski definition) is 3. The monoisotopic (exact) mass is 240 g/mol. The highest BCUT2D eigenvalue weighted by atomic mass is 16.5. The lowest BCUT2D eigenvalue weighted by molar-refractivity contribution is -0.0248. The summed E-state index contributed by atoms with van der Waals surface area (Å²) in [4.78, 5) is 2.60. The fraction of sp³-hybridized carbons (Fsp3) is 1.00. The second-order valence-corrected chi connectivity index (χ2v) is 5.98. The predicted molar refractivity (Wildman–Crippen MR) is 71.0 cm³/mol. The molecule has 1 heterocycles. The van der Waals surface area contributed by atoms with Crippen molar-refractivity contribution >= 4 is 0 Å². The number of hydrogen-bond donors (Lipinski definition) is 1. The third-order valence-corrected chi connectivity index (χ3v) is 4.58. The van der Waals surface area contributed by atoms with Crippen LogP contribution in [0.15, 0.2) is 0 Å². The molecule has 1 atom stereocenters. The Hall–Kier alpha value is -0.120. The van der Waals surface area contributed by atoms with E-state index >= 15 is 0 Å². The summed E-state index contributed by atoms with van der Waals surface area (Å²) in [6.07, 6.45) is 6.72. The lowest BCUT2D eigenvalue weighted by Gasteiger charge is -2.41. The third kappa shape index (κ3) is 3.43. The van der Waals surface area contributed by atoms with Crippen molar-refractivity contribution in [3.05, 3.63) is 0 Å². The highest BCUT2D eigenvalue weighted by Crippen LogP contribution is 2.31. The Bertz CT molecular complexity index is 222. The molecule has 3 nitrogen and oxygen atoms in total. The van der Waals surface area contributed by atoms with Gasteiger partial charge in [0.25, 0.3) is 0 Å². The zero-order valence-electron chi connectivity index (χ0n) is 11.3. The highest BCUT2D eigenvalue weighted by Gasteiger charge is 2.34. The number of nitrogens with zero attached hydrogens (tertiary/aromatic N) is 1. The molecule has 1 unspecified atom stereocenters. The molecule has 0 spiro atoms. The van der Waals surface area contributed by atoms with Crippen LogP contribution in [0.2, 0.25) is 0 Å². The molecule has 0 aromatic heterocycles. The summed E-state index contributed by atoms with van der Waals surface area (Å²) in [5.41, 5.74) is 6.25. The van der Waals surface area contributed by atoms with Gasteiger partial charge in [0.1, 0.15) is 0 Å². The zero-order chi connectivity index (χ0) is 12.1. The van der Waals surface area contributed by atoms with Gasteiger partial charge in [-0.05, 0) is 38.1 Å². The van der Waals surface area contributed by atoms with E-state index in [1.54, 1.807) is 0 Å². The van der Waals surface area contributed by atoms with Crippen LogP contribution >= 0.6 is 0 Å². The van der Waals surface area contributed by atoms with Crippen LogP contribution in [0.1, 0.15) is 39.0 Å². The van der Waals surface area contributed by atoms with Gasteiger partial charge in [0.05, 0.1) is 6.61 Å². The molecule has 3 heteroatoms. The zero-order valence-corrected chi connectivity index (χ0v) is 11.3. The van der Waals surface area contributed by atoms with Crippen molar-refractivity contribution in [3.63, 3.8) is 0 Å². The molecule has 0 radical (unpaired) electrons. The van der Waals surface area contributed by atoms with Crippen LogP contribution < -0.4 is 5.73 Å². The van der Waals surface area contributed by atoms with E-state index in [4.69, 9.17) is 10.5 Å². The van der Waals surface area contributed by atoms with Gasteiger partial charge in [-0.15, -0.1) is 0 Å². The fourth-order valence-electron chi connectivity index (χ4n) is 3.08. The summed E-state index contributed by atoms with van der Waals surface area (Å²) in [5.74, 6) is 0.953. The van der Waals surface area contributed by atoms with Crippen LogP contribution in [0.4, 0.5) is 0 Å². The molecule has 2 aliphatic rings. The SMILES string of the molecule is CCN(CC1CCC1)CC1(CN)CCCOC1. The van der Waals surface area contributed by atoms with Crippen molar-refractivity contribution in [2.45, 2.75) is 39.0 Å². The first-order chi connectivity index (χ1) is 8.28. The Kier molecular flexibility index (Phi) is 4.83. The maximum absolute atomic E-state index is 6.01. The van der Waals surface area contributed by atoms with E-state index < -0.39 is 0 Å². The maximum atomic E-state index is 6.01. The van der Waals surface area contributed by atoms with E-state index in [2.05, 4.69) is 11.8 Å². The molecule has 1 aliphatic carbocycles. The molecule has 17 heavy (non-hydrogen) atoms. The smallest absolute Gasteiger partial charge is 0.0546 e. The second-order valence-electron chi connectivity index (χ2n) is 5.98. The van der Waals surface area contributed by atoms with E-state index in [9.17, 15) is 0 Å². The van der Waals surface area contributed by atoms with Gasteiger partial charge < -0.3 is 15.4 Å². The van der Waals surface area contributed by atoms with Gasteiger partial charge >= 0.3 is 0 Å². The first-order valence-electron chi connectivity index (χ1n) is 7.28. The Morgan fingerprint density at radius 3 is 2.65 bits per heavy atom. The fourth-order valence-corrected chi connectivity index (χ4v) is 3.08. The standard InChI is InChI=1S/C14H28N2O/c1-2-16(9-13-5-3-6-13)11-14(10-15)7-4-8-17-12-14/h13H,2-12,15H2,1H3. The van der Waals surface area contributed by atoms with Crippen molar-refractivity contribution in [1.82, 2.24) is 4.90 Å². The molecule has 1 saturated heterocycles. The lowest BCUT2D eigenvalue weighted by Crippen LogP contribution is -2.49. The van der Waals surface area contributed by atoms with Gasteiger partial charge in [-0.1, -0.05) is 13.3 Å². The Morgan fingerprint density at radius 2 is 2.18 bits per heavy atom. The molecule has 0 bridgehead atoms. The van der Waals surface area contributed by atoms with E-state index in [1.165, 1.54) is 38.6 Å². The molecule has 0 aromatic carbocycles. The highest BCUT2D eigenvalue weighted by molar-refractivity contribution is 4.87. The van der Waals surface area contributed by atoms with Gasteiger partial charge in [0, 0.05) is 31.7 Å². The summed E-state index contributed by atoms with van der Waals surface area (Å²) in [7, 11) is 0. The van der Waals surface area contributed by atoms with Crippen LogP contribution in [0.25, 0.3) is 0 Å². The first kappa shape index (κ1) is 13.3. The number of nitrogens with two attached hydrogens (primary N) is 1. The largest absolute Gasteiger partial charge is 0.381 e. The number of ether oxygens (including phenoxy) is 1. The van der Waals surface area contributed by atoms with Crippen LogP contribution in [-0.2, 0) is 4.74 Å². The summed E-state index contributed by atoms with van der Waals surface area (Å²) >= 11 is 0. The van der Waals surface area contributed by atoms with E-state index in [0.717, 1.165) is 38.8 Å². The van der Waals surface area contributed by atoms with Crippen molar-refractivity contribution in [1.29, 1.82) is 0 Å². The Morgan fingerprint density at radius 1 is 1.35 bits per heavy atom.